The highest BCUT2D eigenvalue weighted by molar-refractivity contribution is 6.32. The Hall–Kier alpha value is -1.94. The fraction of sp³-hybridized carbons (Fsp3) is 0.250. The van der Waals surface area contributed by atoms with Gasteiger partial charge in [0.2, 0.25) is 0 Å². The predicted octanol–water partition coefficient (Wildman–Crippen LogP) is 3.65. The van der Waals surface area contributed by atoms with Crippen LogP contribution in [0.15, 0.2) is 42.5 Å². The van der Waals surface area contributed by atoms with Gasteiger partial charge in [0.25, 0.3) is 0 Å². The molecule has 0 saturated heterocycles. The number of rotatable bonds is 6. The summed E-state index contributed by atoms with van der Waals surface area (Å²) in [6.45, 7) is 4.75. The highest BCUT2D eigenvalue weighted by Crippen LogP contribution is 2.26. The van der Waals surface area contributed by atoms with Crippen LogP contribution in [0.25, 0.3) is 11.1 Å². The molecule has 1 N–H and O–H groups in total. The molecule has 0 aliphatic rings. The fourth-order valence-electron chi connectivity index (χ4n) is 2.04. The first-order valence-corrected chi connectivity index (χ1v) is 6.69. The van der Waals surface area contributed by atoms with Crippen molar-refractivity contribution in [3.05, 3.63) is 48.0 Å². The smallest absolute Gasteiger partial charge is 0.435 e. The molecule has 0 aliphatic carbocycles. The molecule has 103 valence electrons. The van der Waals surface area contributed by atoms with E-state index < -0.39 is 0 Å². The zero-order valence-corrected chi connectivity index (χ0v) is 12.1. The Morgan fingerprint density at radius 1 is 1.05 bits per heavy atom. The normalized spacial score (nSPS) is 10.2. The highest BCUT2D eigenvalue weighted by Gasteiger charge is 2.03. The third-order valence-electron chi connectivity index (χ3n) is 3.06. The van der Waals surface area contributed by atoms with Gasteiger partial charge in [-0.1, -0.05) is 18.2 Å². The quantitative estimate of drug-likeness (QED) is 0.811. The van der Waals surface area contributed by atoms with Gasteiger partial charge in [0.15, 0.2) is 0 Å². The Kier molecular flexibility index (Phi) is 5.07. The van der Waals surface area contributed by atoms with Gasteiger partial charge in [-0.15, -0.1) is 0 Å². The molecule has 0 fully saturated rings. The summed E-state index contributed by atoms with van der Waals surface area (Å²) >= 11 is 0. The van der Waals surface area contributed by atoms with Crippen LogP contribution in [-0.4, -0.2) is 21.3 Å². The van der Waals surface area contributed by atoms with Crippen molar-refractivity contribution in [3.63, 3.8) is 0 Å². The summed E-state index contributed by atoms with van der Waals surface area (Å²) in [5.41, 5.74) is 4.58. The minimum atomic E-state index is 0.689. The van der Waals surface area contributed by atoms with E-state index in [2.05, 4.69) is 42.5 Å². The summed E-state index contributed by atoms with van der Waals surface area (Å²) in [6.07, 6.45) is 0. The van der Waals surface area contributed by atoms with Crippen molar-refractivity contribution in [2.24, 2.45) is 0 Å². The number of hydrogen-bond acceptors (Lipinski definition) is 3. The highest BCUT2D eigenvalue weighted by atomic mass is 16.5. The fourth-order valence-corrected chi connectivity index (χ4v) is 2.04. The second-order valence-corrected chi connectivity index (χ2v) is 4.48. The van der Waals surface area contributed by atoms with Crippen molar-refractivity contribution >= 4 is 13.3 Å². The number of anilines is 1. The summed E-state index contributed by atoms with van der Waals surface area (Å²) in [5, 5.41) is 3.10. The molecule has 2 rings (SSSR count). The molecule has 1 radical (unpaired) electrons. The lowest BCUT2D eigenvalue weighted by Gasteiger charge is -2.10. The molecule has 4 heteroatoms. The molecule has 0 atom stereocenters. The molecule has 0 spiro atoms. The van der Waals surface area contributed by atoms with Crippen LogP contribution < -0.4 is 9.96 Å². The number of hydrogen-bond donors (Lipinski definition) is 1. The first-order chi connectivity index (χ1) is 9.74. The lowest BCUT2D eigenvalue weighted by molar-refractivity contribution is 0.340. The maximum Gasteiger partial charge on any atom is 0.435 e. The van der Waals surface area contributed by atoms with Gasteiger partial charge in [-0.25, -0.2) is 0 Å². The van der Waals surface area contributed by atoms with E-state index in [0.717, 1.165) is 11.4 Å². The lowest BCUT2D eigenvalue weighted by atomic mass is 10.0. The first-order valence-electron chi connectivity index (χ1n) is 6.69. The van der Waals surface area contributed by atoms with Gasteiger partial charge >= 0.3 is 7.62 Å². The summed E-state index contributed by atoms with van der Waals surface area (Å²) in [6, 6.07) is 14.5. The molecule has 0 heterocycles. The Balaban J connectivity index is 2.18. The monoisotopic (exact) mass is 268 g/mol. The second-order valence-electron chi connectivity index (χ2n) is 4.48. The summed E-state index contributed by atoms with van der Waals surface area (Å²) < 4.78 is 10.4. The van der Waals surface area contributed by atoms with Crippen molar-refractivity contribution in [1.82, 2.24) is 0 Å². The number of aryl methyl sites for hydroxylation is 1. The minimum absolute atomic E-state index is 0.689. The minimum Gasteiger partial charge on any atom is -0.494 e. The predicted molar refractivity (Wildman–Crippen MR) is 84.2 cm³/mol. The topological polar surface area (TPSA) is 30.5 Å². The third kappa shape index (κ3) is 3.55. The second kappa shape index (κ2) is 7.01. The molecule has 0 unspecified atom stereocenters. The third-order valence-corrected chi connectivity index (χ3v) is 3.06. The Labute approximate surface area is 121 Å². The maximum absolute atomic E-state index is 5.46. The lowest BCUT2D eigenvalue weighted by Crippen LogP contribution is -2.09. The van der Waals surface area contributed by atoms with E-state index in [1.165, 1.54) is 16.7 Å². The molecule has 2 aromatic carbocycles. The maximum atomic E-state index is 5.46. The van der Waals surface area contributed by atoms with Crippen LogP contribution in [0.5, 0.6) is 5.75 Å². The average molecular weight is 268 g/mol. The number of benzene rings is 2. The van der Waals surface area contributed by atoms with E-state index in [0.29, 0.717) is 6.61 Å². The van der Waals surface area contributed by atoms with Gasteiger partial charge in [-0.3, -0.25) is 0 Å². The molecular weight excluding hydrogens is 249 g/mol. The Bertz CT molecular complexity index is 555. The number of nitrogens with one attached hydrogen (secondary N) is 1. The van der Waals surface area contributed by atoms with E-state index >= 15 is 0 Å². The van der Waals surface area contributed by atoms with Gasteiger partial charge in [0, 0.05) is 12.8 Å². The zero-order valence-electron chi connectivity index (χ0n) is 12.1. The largest absolute Gasteiger partial charge is 0.494 e. The summed E-state index contributed by atoms with van der Waals surface area (Å²) in [5.74, 6) is 0.904. The van der Waals surface area contributed by atoms with E-state index in [1.807, 2.05) is 19.1 Å². The van der Waals surface area contributed by atoms with Crippen molar-refractivity contribution in [3.8, 4) is 16.9 Å². The van der Waals surface area contributed by atoms with Crippen molar-refractivity contribution in [2.45, 2.75) is 13.8 Å². The van der Waals surface area contributed by atoms with Gasteiger partial charge < -0.3 is 14.6 Å². The van der Waals surface area contributed by atoms with E-state index in [1.54, 1.807) is 14.7 Å². The van der Waals surface area contributed by atoms with Crippen molar-refractivity contribution in [1.29, 1.82) is 0 Å². The molecular formula is C16H19BNO2. The van der Waals surface area contributed by atoms with Gasteiger partial charge in [0.05, 0.1) is 6.61 Å². The molecule has 3 nitrogen and oxygen atoms in total. The van der Waals surface area contributed by atoms with Crippen LogP contribution in [0.1, 0.15) is 12.5 Å². The zero-order chi connectivity index (χ0) is 14.4. The number of ether oxygens (including phenoxy) is 1. The molecule has 0 aromatic heterocycles. The Morgan fingerprint density at radius 2 is 1.75 bits per heavy atom. The molecule has 2 aromatic rings. The van der Waals surface area contributed by atoms with E-state index in [-0.39, 0.29) is 0 Å². The van der Waals surface area contributed by atoms with Gasteiger partial charge in [-0.05, 0) is 54.8 Å². The van der Waals surface area contributed by atoms with Crippen LogP contribution >= 0.6 is 0 Å². The van der Waals surface area contributed by atoms with Crippen molar-refractivity contribution in [2.75, 3.05) is 18.9 Å². The van der Waals surface area contributed by atoms with Crippen LogP contribution in [-0.2, 0) is 4.65 Å². The van der Waals surface area contributed by atoms with E-state index in [9.17, 15) is 0 Å². The van der Waals surface area contributed by atoms with Crippen LogP contribution in [0.4, 0.5) is 5.69 Å². The molecule has 0 bridgehead atoms. The SMILES string of the molecule is CCOc1ccc(-c2ccc(N[B]OC)c(C)c2)cc1. The standard InChI is InChI=1S/C16H19BNO2/c1-4-20-15-8-5-13(6-9-15)14-7-10-16(12(2)11-14)18-17-19-3/h5-11,18H,4H2,1-3H3. The van der Waals surface area contributed by atoms with Crippen LogP contribution in [0, 0.1) is 6.92 Å². The molecule has 20 heavy (non-hydrogen) atoms. The molecule has 0 aliphatic heterocycles. The van der Waals surface area contributed by atoms with Crippen LogP contribution in [0.2, 0.25) is 0 Å². The Morgan fingerprint density at radius 3 is 2.35 bits per heavy atom. The molecule has 0 saturated carbocycles. The average Bonchev–Trinajstić information content (AvgIpc) is 2.47. The first kappa shape index (κ1) is 14.5. The van der Waals surface area contributed by atoms with Gasteiger partial charge in [-0.2, -0.15) is 0 Å². The summed E-state index contributed by atoms with van der Waals surface area (Å²) in [7, 11) is 3.19. The van der Waals surface area contributed by atoms with Gasteiger partial charge in [0.1, 0.15) is 5.75 Å². The van der Waals surface area contributed by atoms with E-state index in [4.69, 9.17) is 9.39 Å². The van der Waals surface area contributed by atoms with Crippen LogP contribution in [0.3, 0.4) is 0 Å². The molecule has 0 amide bonds. The van der Waals surface area contributed by atoms with Crippen molar-refractivity contribution < 1.29 is 9.39 Å². The summed E-state index contributed by atoms with van der Waals surface area (Å²) in [4.78, 5) is 0.